The largest absolute Gasteiger partial charge is 0.435 e. The molecule has 1 aromatic heterocycles. The van der Waals surface area contributed by atoms with Crippen LogP contribution in [-0.2, 0) is 6.18 Å². The minimum absolute atomic E-state index is 0.246. The summed E-state index contributed by atoms with van der Waals surface area (Å²) in [6, 6.07) is 3.73. The third kappa shape index (κ3) is 3.58. The smallest absolute Gasteiger partial charge is 0.347 e. The zero-order valence-electron chi connectivity index (χ0n) is 12.6. The number of halogens is 5. The van der Waals surface area contributed by atoms with Crippen LogP contribution in [0.4, 0.5) is 17.6 Å². The molecule has 1 fully saturated rings. The Balaban J connectivity index is 1.78. The second-order valence-corrected chi connectivity index (χ2v) is 6.12. The molecule has 2 aromatic rings. The van der Waals surface area contributed by atoms with Gasteiger partial charge in [0.2, 0.25) is 0 Å². The number of nitrogens with zero attached hydrogens (tertiary/aromatic N) is 2. The molecule has 1 N–H and O–H groups in total. The summed E-state index contributed by atoms with van der Waals surface area (Å²) in [7, 11) is 0. The van der Waals surface area contributed by atoms with Crippen LogP contribution in [0.2, 0.25) is 5.02 Å². The van der Waals surface area contributed by atoms with Gasteiger partial charge >= 0.3 is 6.18 Å². The Morgan fingerprint density at radius 2 is 1.92 bits per heavy atom. The normalized spacial score (nSPS) is 20.0. The zero-order chi connectivity index (χ0) is 18.2. The molecule has 0 aliphatic heterocycles. The summed E-state index contributed by atoms with van der Waals surface area (Å²) in [6.45, 7) is 0. The number of carbonyl (C=O) groups is 1. The minimum Gasteiger partial charge on any atom is -0.347 e. The zero-order valence-corrected chi connectivity index (χ0v) is 13.4. The first-order valence-corrected chi connectivity index (χ1v) is 7.79. The van der Waals surface area contributed by atoms with E-state index >= 15 is 0 Å². The lowest BCUT2D eigenvalue weighted by Gasteiger charge is -2.37. The molecule has 0 spiro atoms. The fraction of sp³-hybridized carbons (Fsp3) is 0.312. The summed E-state index contributed by atoms with van der Waals surface area (Å²) in [6.07, 6.45) is -1.77. The van der Waals surface area contributed by atoms with Crippen LogP contribution in [0.5, 0.6) is 0 Å². The van der Waals surface area contributed by atoms with E-state index in [0.717, 1.165) is 12.4 Å². The van der Waals surface area contributed by atoms with Crippen molar-refractivity contribution in [1.29, 1.82) is 0 Å². The molecule has 1 heterocycles. The van der Waals surface area contributed by atoms with Gasteiger partial charge in [-0.1, -0.05) is 17.7 Å². The van der Waals surface area contributed by atoms with Crippen LogP contribution in [0, 0.1) is 5.82 Å². The summed E-state index contributed by atoms with van der Waals surface area (Å²) >= 11 is 5.71. The number of carbonyl (C=O) groups excluding carboxylic acids is 1. The highest BCUT2D eigenvalue weighted by molar-refractivity contribution is 6.30. The average molecular weight is 374 g/mol. The molecular formula is C16H12ClF4N3O. The van der Waals surface area contributed by atoms with Gasteiger partial charge in [-0.2, -0.15) is 13.2 Å². The van der Waals surface area contributed by atoms with Crippen LogP contribution < -0.4 is 5.32 Å². The maximum absolute atomic E-state index is 14.0. The number of alkyl halides is 3. The topological polar surface area (TPSA) is 54.9 Å². The highest BCUT2D eigenvalue weighted by atomic mass is 35.5. The van der Waals surface area contributed by atoms with Gasteiger partial charge in [0.15, 0.2) is 11.4 Å². The number of benzene rings is 1. The summed E-state index contributed by atoms with van der Waals surface area (Å²) in [5.74, 6) is -1.82. The van der Waals surface area contributed by atoms with Crippen LogP contribution in [0.3, 0.4) is 0 Å². The first kappa shape index (κ1) is 17.6. The number of hydrogen-bond acceptors (Lipinski definition) is 3. The molecule has 9 heteroatoms. The number of nitrogens with one attached hydrogen (secondary N) is 1. The van der Waals surface area contributed by atoms with Crippen LogP contribution in [0.1, 0.15) is 40.5 Å². The number of hydrogen-bond donors (Lipinski definition) is 1. The molecule has 1 aliphatic rings. The van der Waals surface area contributed by atoms with Crippen LogP contribution in [0.25, 0.3) is 0 Å². The second kappa shape index (κ2) is 6.59. The lowest BCUT2D eigenvalue weighted by Crippen LogP contribution is -2.46. The van der Waals surface area contributed by atoms with Gasteiger partial charge in [0.05, 0.1) is 0 Å². The highest BCUT2D eigenvalue weighted by Crippen LogP contribution is 2.39. The maximum atomic E-state index is 14.0. The van der Waals surface area contributed by atoms with Crippen molar-refractivity contribution in [2.45, 2.75) is 31.0 Å². The molecule has 1 aromatic carbocycles. The van der Waals surface area contributed by atoms with Gasteiger partial charge in [-0.05, 0) is 30.5 Å². The van der Waals surface area contributed by atoms with Crippen molar-refractivity contribution in [3.8, 4) is 0 Å². The molecule has 25 heavy (non-hydrogen) atoms. The van der Waals surface area contributed by atoms with Gasteiger partial charge in [-0.15, -0.1) is 0 Å². The van der Waals surface area contributed by atoms with E-state index < -0.39 is 35.3 Å². The Kier molecular flexibility index (Phi) is 4.64. The van der Waals surface area contributed by atoms with Gasteiger partial charge in [0, 0.05) is 29.4 Å². The Morgan fingerprint density at radius 1 is 1.20 bits per heavy atom. The number of aromatic nitrogens is 2. The van der Waals surface area contributed by atoms with Crippen molar-refractivity contribution < 1.29 is 22.4 Å². The van der Waals surface area contributed by atoms with Gasteiger partial charge in [-0.25, -0.2) is 14.4 Å². The molecule has 2 atom stereocenters. The standard InChI is InChI=1S/C16H12ClF4N3O/c17-8-1-2-9(11(18)7-8)10-3-4-12(10)24-15(25)13-14(16(19,20)21)23-6-5-22-13/h1-2,5-7,10,12H,3-4H2,(H,24,25)/t10-,12?/m0/s1. The molecule has 1 aliphatic carbocycles. The molecule has 0 bridgehead atoms. The quantitative estimate of drug-likeness (QED) is 0.828. The second-order valence-electron chi connectivity index (χ2n) is 5.68. The summed E-state index contributed by atoms with van der Waals surface area (Å²) in [4.78, 5) is 18.9. The van der Waals surface area contributed by atoms with E-state index in [4.69, 9.17) is 11.6 Å². The molecular weight excluding hydrogens is 362 g/mol. The van der Waals surface area contributed by atoms with Crippen molar-refractivity contribution in [1.82, 2.24) is 15.3 Å². The molecule has 1 amide bonds. The van der Waals surface area contributed by atoms with Gasteiger partial charge < -0.3 is 5.32 Å². The number of rotatable bonds is 3. The molecule has 1 saturated carbocycles. The average Bonchev–Trinajstić information content (AvgIpc) is 2.53. The van der Waals surface area contributed by atoms with E-state index in [-0.39, 0.29) is 10.9 Å². The van der Waals surface area contributed by atoms with Crippen LogP contribution in [0.15, 0.2) is 30.6 Å². The van der Waals surface area contributed by atoms with Crippen molar-refractivity contribution >= 4 is 17.5 Å². The first-order valence-electron chi connectivity index (χ1n) is 7.41. The lowest BCUT2D eigenvalue weighted by atomic mass is 9.74. The van der Waals surface area contributed by atoms with Crippen molar-refractivity contribution in [2.24, 2.45) is 0 Å². The van der Waals surface area contributed by atoms with E-state index in [9.17, 15) is 22.4 Å². The van der Waals surface area contributed by atoms with Gasteiger partial charge in [-0.3, -0.25) is 4.79 Å². The third-order valence-electron chi connectivity index (χ3n) is 4.13. The van der Waals surface area contributed by atoms with Crippen LogP contribution >= 0.6 is 11.6 Å². The molecule has 1 unspecified atom stereocenters. The molecule has 132 valence electrons. The third-order valence-corrected chi connectivity index (χ3v) is 4.37. The lowest BCUT2D eigenvalue weighted by molar-refractivity contribution is -0.141. The SMILES string of the molecule is O=C(NC1CC[C@H]1c1ccc(Cl)cc1F)c1nccnc1C(F)(F)F. The predicted octanol–water partition coefficient (Wildman–Crippen LogP) is 3.96. The fourth-order valence-electron chi connectivity index (χ4n) is 2.80. The summed E-state index contributed by atoms with van der Waals surface area (Å²) in [5.41, 5.74) is -1.77. The van der Waals surface area contributed by atoms with Gasteiger partial charge in [0.1, 0.15) is 5.82 Å². The van der Waals surface area contributed by atoms with E-state index in [1.54, 1.807) is 0 Å². The van der Waals surface area contributed by atoms with E-state index in [1.165, 1.54) is 18.2 Å². The van der Waals surface area contributed by atoms with Crippen LogP contribution in [-0.4, -0.2) is 21.9 Å². The molecule has 4 nitrogen and oxygen atoms in total. The van der Waals surface area contributed by atoms with Crippen molar-refractivity contribution in [2.75, 3.05) is 0 Å². The maximum Gasteiger partial charge on any atom is 0.435 e. The molecule has 3 rings (SSSR count). The first-order chi connectivity index (χ1) is 11.8. The van der Waals surface area contributed by atoms with E-state index in [0.29, 0.717) is 18.4 Å². The van der Waals surface area contributed by atoms with Crippen molar-refractivity contribution in [3.05, 3.63) is 58.4 Å². The Hall–Kier alpha value is -2.22. The van der Waals surface area contributed by atoms with Gasteiger partial charge in [0.25, 0.3) is 5.91 Å². The predicted molar refractivity (Wildman–Crippen MR) is 81.7 cm³/mol. The Morgan fingerprint density at radius 3 is 2.52 bits per heavy atom. The van der Waals surface area contributed by atoms with E-state index in [1.807, 2.05) is 0 Å². The monoisotopic (exact) mass is 373 g/mol. The summed E-state index contributed by atoms with van der Waals surface area (Å²) < 4.78 is 52.8. The summed E-state index contributed by atoms with van der Waals surface area (Å²) in [5, 5.41) is 2.74. The molecule has 0 saturated heterocycles. The number of amides is 1. The minimum atomic E-state index is -4.79. The fourth-order valence-corrected chi connectivity index (χ4v) is 2.95. The Bertz CT molecular complexity index is 812. The highest BCUT2D eigenvalue weighted by Gasteiger charge is 2.40. The Labute approximate surface area is 145 Å². The van der Waals surface area contributed by atoms with E-state index in [2.05, 4.69) is 15.3 Å². The molecule has 0 radical (unpaired) electrons. The van der Waals surface area contributed by atoms with Crippen molar-refractivity contribution in [3.63, 3.8) is 0 Å².